The van der Waals surface area contributed by atoms with E-state index in [9.17, 15) is 12.8 Å². The average molecular weight is 330 g/mol. The Bertz CT molecular complexity index is 778. The van der Waals surface area contributed by atoms with E-state index in [1.54, 1.807) is 6.92 Å². The fourth-order valence-electron chi connectivity index (χ4n) is 1.85. The maximum Gasteiger partial charge on any atom is 0.238 e. The highest BCUT2D eigenvalue weighted by Crippen LogP contribution is 2.22. The summed E-state index contributed by atoms with van der Waals surface area (Å²) < 4.78 is 41.6. The van der Waals surface area contributed by atoms with E-state index in [1.165, 1.54) is 36.4 Å². The molecular weight excluding hydrogens is 317 g/mol. The van der Waals surface area contributed by atoms with Crippen LogP contribution in [0.2, 0.25) is 5.02 Å². The Labute approximate surface area is 127 Å². The van der Waals surface area contributed by atoms with Crippen molar-refractivity contribution in [1.82, 2.24) is 0 Å². The molecule has 0 aliphatic rings. The zero-order chi connectivity index (χ0) is 15.6. The number of aryl methyl sites for hydroxylation is 1. The molecule has 4 nitrogen and oxygen atoms in total. The van der Waals surface area contributed by atoms with Crippen molar-refractivity contribution >= 4 is 21.6 Å². The molecule has 0 radical (unpaired) electrons. The van der Waals surface area contributed by atoms with Crippen molar-refractivity contribution in [3.8, 4) is 5.75 Å². The van der Waals surface area contributed by atoms with Crippen molar-refractivity contribution < 1.29 is 17.5 Å². The first-order valence-corrected chi connectivity index (χ1v) is 7.90. The van der Waals surface area contributed by atoms with Gasteiger partial charge >= 0.3 is 0 Å². The van der Waals surface area contributed by atoms with Gasteiger partial charge in [-0.2, -0.15) is 0 Å². The molecule has 0 spiro atoms. The zero-order valence-corrected chi connectivity index (χ0v) is 12.7. The predicted octanol–water partition coefficient (Wildman–Crippen LogP) is 3.01. The van der Waals surface area contributed by atoms with Crippen molar-refractivity contribution in [1.29, 1.82) is 0 Å². The summed E-state index contributed by atoms with van der Waals surface area (Å²) in [7, 11) is -3.76. The minimum atomic E-state index is -3.76. The van der Waals surface area contributed by atoms with Gasteiger partial charge in [-0.25, -0.2) is 17.9 Å². The second-order valence-corrected chi connectivity index (χ2v) is 6.46. The number of primary sulfonamides is 1. The molecule has 2 rings (SSSR count). The number of halogens is 2. The first-order valence-electron chi connectivity index (χ1n) is 5.97. The molecule has 7 heteroatoms. The van der Waals surface area contributed by atoms with E-state index >= 15 is 0 Å². The third-order valence-corrected chi connectivity index (χ3v) is 4.16. The van der Waals surface area contributed by atoms with Gasteiger partial charge in [-0.05, 0) is 48.9 Å². The lowest BCUT2D eigenvalue weighted by atomic mass is 10.2. The molecule has 112 valence electrons. The van der Waals surface area contributed by atoms with Gasteiger partial charge in [0, 0.05) is 10.6 Å². The van der Waals surface area contributed by atoms with Gasteiger partial charge in [0.15, 0.2) is 0 Å². The maximum atomic E-state index is 13.5. The quantitative estimate of drug-likeness (QED) is 0.937. The molecule has 0 atom stereocenters. The van der Waals surface area contributed by atoms with Crippen LogP contribution in [0.25, 0.3) is 0 Å². The summed E-state index contributed by atoms with van der Waals surface area (Å²) in [6.07, 6.45) is 0. The minimum Gasteiger partial charge on any atom is -0.489 e. The first kappa shape index (κ1) is 15.8. The van der Waals surface area contributed by atoms with E-state index in [1.807, 2.05) is 0 Å². The molecule has 2 aromatic rings. The maximum absolute atomic E-state index is 13.5. The van der Waals surface area contributed by atoms with Crippen LogP contribution in [0, 0.1) is 12.7 Å². The number of benzene rings is 2. The number of nitrogens with two attached hydrogens (primary N) is 1. The molecule has 0 saturated carbocycles. The number of hydrogen-bond acceptors (Lipinski definition) is 3. The van der Waals surface area contributed by atoms with Crippen LogP contribution in [0.3, 0.4) is 0 Å². The van der Waals surface area contributed by atoms with Crippen molar-refractivity contribution in [2.24, 2.45) is 5.14 Å². The Hall–Kier alpha value is -1.63. The highest BCUT2D eigenvalue weighted by atomic mass is 35.5. The van der Waals surface area contributed by atoms with E-state index < -0.39 is 15.8 Å². The Morgan fingerprint density at radius 1 is 1.24 bits per heavy atom. The van der Waals surface area contributed by atoms with Crippen LogP contribution in [0.15, 0.2) is 41.3 Å². The Morgan fingerprint density at radius 2 is 1.95 bits per heavy atom. The molecular formula is C14H13ClFNO3S. The van der Waals surface area contributed by atoms with E-state index in [0.29, 0.717) is 21.9 Å². The third-order valence-electron chi connectivity index (χ3n) is 2.86. The molecule has 0 amide bonds. The van der Waals surface area contributed by atoms with Crippen LogP contribution in [-0.4, -0.2) is 8.42 Å². The molecule has 0 aromatic heterocycles. The molecule has 0 heterocycles. The zero-order valence-electron chi connectivity index (χ0n) is 11.1. The van der Waals surface area contributed by atoms with Gasteiger partial charge in [0.2, 0.25) is 10.0 Å². The van der Waals surface area contributed by atoms with Gasteiger partial charge in [0.05, 0.1) is 4.90 Å². The Kier molecular flexibility index (Phi) is 4.51. The Morgan fingerprint density at radius 3 is 2.57 bits per heavy atom. The average Bonchev–Trinajstić information content (AvgIpc) is 2.38. The van der Waals surface area contributed by atoms with E-state index in [0.717, 1.165) is 0 Å². The van der Waals surface area contributed by atoms with E-state index in [-0.39, 0.29) is 11.5 Å². The normalized spacial score (nSPS) is 11.4. The number of rotatable bonds is 4. The van der Waals surface area contributed by atoms with E-state index in [4.69, 9.17) is 21.5 Å². The van der Waals surface area contributed by atoms with Crippen molar-refractivity contribution in [2.45, 2.75) is 18.4 Å². The summed E-state index contributed by atoms with van der Waals surface area (Å²) in [5, 5.41) is 5.49. The molecule has 0 unspecified atom stereocenters. The molecule has 2 N–H and O–H groups in total. The van der Waals surface area contributed by atoms with Crippen LogP contribution >= 0.6 is 11.6 Å². The van der Waals surface area contributed by atoms with Gasteiger partial charge in [-0.3, -0.25) is 0 Å². The number of sulfonamides is 1. The summed E-state index contributed by atoms with van der Waals surface area (Å²) >= 11 is 5.79. The lowest BCUT2D eigenvalue weighted by Gasteiger charge is -2.10. The van der Waals surface area contributed by atoms with Crippen molar-refractivity contribution in [2.75, 3.05) is 0 Å². The molecule has 0 saturated heterocycles. The lowest BCUT2D eigenvalue weighted by Crippen LogP contribution is -2.13. The van der Waals surface area contributed by atoms with E-state index in [2.05, 4.69) is 0 Å². The van der Waals surface area contributed by atoms with Crippen LogP contribution in [0.5, 0.6) is 5.75 Å². The van der Waals surface area contributed by atoms with Crippen LogP contribution in [0.4, 0.5) is 4.39 Å². The Balaban J connectivity index is 2.18. The summed E-state index contributed by atoms with van der Waals surface area (Å²) in [4.78, 5) is 0.0313. The standard InChI is InChI=1S/C14H13ClFNO3S/c1-9-6-12(3-5-14(9)21(17,18)19)20-8-10-7-11(15)2-4-13(10)16/h2-7H,8H2,1H3,(H2,17,18,19). The van der Waals surface area contributed by atoms with Gasteiger partial charge in [0.1, 0.15) is 18.2 Å². The molecule has 21 heavy (non-hydrogen) atoms. The van der Waals surface area contributed by atoms with Crippen LogP contribution in [0.1, 0.15) is 11.1 Å². The van der Waals surface area contributed by atoms with Crippen molar-refractivity contribution in [3.63, 3.8) is 0 Å². The van der Waals surface area contributed by atoms with Gasteiger partial charge in [0.25, 0.3) is 0 Å². The molecule has 0 aliphatic heterocycles. The lowest BCUT2D eigenvalue weighted by molar-refractivity contribution is 0.299. The summed E-state index contributed by atoms with van der Waals surface area (Å²) in [6, 6.07) is 8.54. The molecule has 0 fully saturated rings. The highest BCUT2D eigenvalue weighted by molar-refractivity contribution is 7.89. The SMILES string of the molecule is Cc1cc(OCc2cc(Cl)ccc2F)ccc1S(N)(=O)=O. The second-order valence-electron chi connectivity index (χ2n) is 4.50. The summed E-state index contributed by atoms with van der Waals surface area (Å²) in [5.74, 6) is -0.00319. The van der Waals surface area contributed by atoms with Gasteiger partial charge < -0.3 is 4.74 Å². The number of ether oxygens (including phenoxy) is 1. The minimum absolute atomic E-state index is 0.0133. The topological polar surface area (TPSA) is 69.4 Å². The monoisotopic (exact) mass is 329 g/mol. The van der Waals surface area contributed by atoms with Crippen LogP contribution in [-0.2, 0) is 16.6 Å². The van der Waals surface area contributed by atoms with Crippen molar-refractivity contribution in [3.05, 3.63) is 58.4 Å². The summed E-state index contributed by atoms with van der Waals surface area (Å²) in [6.45, 7) is 1.59. The van der Waals surface area contributed by atoms with Crippen LogP contribution < -0.4 is 9.88 Å². The summed E-state index contributed by atoms with van der Waals surface area (Å²) in [5.41, 5.74) is 0.775. The van der Waals surface area contributed by atoms with Gasteiger partial charge in [-0.1, -0.05) is 11.6 Å². The largest absolute Gasteiger partial charge is 0.489 e. The highest BCUT2D eigenvalue weighted by Gasteiger charge is 2.12. The third kappa shape index (κ3) is 3.93. The predicted molar refractivity (Wildman–Crippen MR) is 78.3 cm³/mol. The molecule has 2 aromatic carbocycles. The number of hydrogen-bond donors (Lipinski definition) is 1. The molecule has 0 aliphatic carbocycles. The smallest absolute Gasteiger partial charge is 0.238 e. The second kappa shape index (κ2) is 6.01. The molecule has 0 bridgehead atoms. The first-order chi connectivity index (χ1) is 9.77. The van der Waals surface area contributed by atoms with Gasteiger partial charge in [-0.15, -0.1) is 0 Å². The fraction of sp³-hybridized carbons (Fsp3) is 0.143. The fourth-order valence-corrected chi connectivity index (χ4v) is 2.81.